The van der Waals surface area contributed by atoms with Gasteiger partial charge in [0.1, 0.15) is 18.2 Å². The van der Waals surface area contributed by atoms with Crippen molar-refractivity contribution < 1.29 is 19.1 Å². The van der Waals surface area contributed by atoms with Gasteiger partial charge >= 0.3 is 12.1 Å². The number of hydrogen-bond donors (Lipinski definition) is 0. The van der Waals surface area contributed by atoms with Crippen molar-refractivity contribution in [3.8, 4) is 0 Å². The fourth-order valence-corrected chi connectivity index (χ4v) is 4.10. The number of benzene rings is 1. The standard InChI is InChI=1S/C21H29NO4/c1-21(2,3)26-19(23)18-13-16-11-7-8-12-17(16)22(18)20(24)25-14-15-9-5-4-6-10-15/h4-6,9-10,16-18H,7-8,11-14H2,1-3H3. The number of carbonyl (C=O) groups excluding carboxylic acids is 2. The molecule has 1 aliphatic carbocycles. The van der Waals surface area contributed by atoms with Gasteiger partial charge in [0.05, 0.1) is 0 Å². The average Bonchev–Trinajstić information content (AvgIpc) is 2.99. The minimum Gasteiger partial charge on any atom is -0.458 e. The number of esters is 1. The summed E-state index contributed by atoms with van der Waals surface area (Å²) < 4.78 is 11.1. The third-order valence-electron chi connectivity index (χ3n) is 5.18. The normalized spacial score (nSPS) is 25.5. The molecule has 2 fully saturated rings. The number of hydrogen-bond acceptors (Lipinski definition) is 4. The zero-order valence-corrected chi connectivity index (χ0v) is 15.9. The SMILES string of the molecule is CC(C)(C)OC(=O)C1CC2CCCCC2N1C(=O)OCc1ccccc1. The van der Waals surface area contributed by atoms with Crippen molar-refractivity contribution >= 4 is 12.1 Å². The van der Waals surface area contributed by atoms with Crippen LogP contribution in [0.25, 0.3) is 0 Å². The van der Waals surface area contributed by atoms with Gasteiger partial charge in [-0.25, -0.2) is 9.59 Å². The highest BCUT2D eigenvalue weighted by Crippen LogP contribution is 2.40. The van der Waals surface area contributed by atoms with Crippen molar-refractivity contribution in [3.05, 3.63) is 35.9 Å². The number of nitrogens with zero attached hydrogens (tertiary/aromatic N) is 1. The van der Waals surface area contributed by atoms with E-state index in [-0.39, 0.29) is 18.6 Å². The first-order valence-corrected chi connectivity index (χ1v) is 9.57. The Morgan fingerprint density at radius 1 is 1.12 bits per heavy atom. The highest BCUT2D eigenvalue weighted by Gasteiger charge is 2.49. The molecule has 1 aromatic rings. The van der Waals surface area contributed by atoms with E-state index in [1.165, 1.54) is 0 Å². The third kappa shape index (κ3) is 4.37. The van der Waals surface area contributed by atoms with E-state index in [0.29, 0.717) is 12.3 Å². The fourth-order valence-electron chi connectivity index (χ4n) is 4.10. The van der Waals surface area contributed by atoms with Gasteiger partial charge in [0.25, 0.3) is 0 Å². The molecule has 1 aromatic carbocycles. The Morgan fingerprint density at radius 3 is 2.50 bits per heavy atom. The molecule has 142 valence electrons. The Labute approximate surface area is 155 Å². The molecular formula is C21H29NO4. The fraction of sp³-hybridized carbons (Fsp3) is 0.619. The summed E-state index contributed by atoms with van der Waals surface area (Å²) in [5.74, 6) is 0.0501. The maximum absolute atomic E-state index is 12.8. The van der Waals surface area contributed by atoms with Gasteiger partial charge in [-0.2, -0.15) is 0 Å². The van der Waals surface area contributed by atoms with E-state index in [9.17, 15) is 9.59 Å². The molecule has 1 saturated heterocycles. The van der Waals surface area contributed by atoms with E-state index in [1.54, 1.807) is 4.90 Å². The van der Waals surface area contributed by atoms with Gasteiger partial charge in [0, 0.05) is 6.04 Å². The molecule has 5 nitrogen and oxygen atoms in total. The molecule has 0 bridgehead atoms. The van der Waals surface area contributed by atoms with Crippen LogP contribution < -0.4 is 0 Å². The predicted octanol–water partition coefficient (Wildman–Crippen LogP) is 4.30. The van der Waals surface area contributed by atoms with Crippen molar-refractivity contribution in [1.82, 2.24) is 4.90 Å². The minimum absolute atomic E-state index is 0.0875. The summed E-state index contributed by atoms with van der Waals surface area (Å²) in [6, 6.07) is 9.16. The Morgan fingerprint density at radius 2 is 1.81 bits per heavy atom. The van der Waals surface area contributed by atoms with Gasteiger partial charge < -0.3 is 9.47 Å². The largest absolute Gasteiger partial charge is 0.458 e. The van der Waals surface area contributed by atoms with Crippen molar-refractivity contribution in [3.63, 3.8) is 0 Å². The Hall–Kier alpha value is -2.04. The molecule has 0 radical (unpaired) electrons. The first-order valence-electron chi connectivity index (χ1n) is 9.57. The van der Waals surface area contributed by atoms with E-state index < -0.39 is 17.7 Å². The van der Waals surface area contributed by atoms with Crippen LogP contribution >= 0.6 is 0 Å². The zero-order valence-electron chi connectivity index (χ0n) is 15.9. The quantitative estimate of drug-likeness (QED) is 0.755. The molecule has 3 rings (SSSR count). The second-order valence-electron chi connectivity index (χ2n) is 8.34. The third-order valence-corrected chi connectivity index (χ3v) is 5.18. The van der Waals surface area contributed by atoms with Gasteiger partial charge in [0.2, 0.25) is 0 Å². The lowest BCUT2D eigenvalue weighted by Crippen LogP contribution is -2.48. The van der Waals surface area contributed by atoms with Gasteiger partial charge in [-0.3, -0.25) is 4.90 Å². The lowest BCUT2D eigenvalue weighted by Gasteiger charge is -2.33. The first kappa shape index (κ1) is 18.7. The molecule has 3 unspecified atom stereocenters. The van der Waals surface area contributed by atoms with E-state index in [4.69, 9.17) is 9.47 Å². The molecule has 1 amide bonds. The van der Waals surface area contributed by atoms with Gasteiger partial charge in [-0.1, -0.05) is 43.2 Å². The highest BCUT2D eigenvalue weighted by atomic mass is 16.6. The van der Waals surface area contributed by atoms with Crippen LogP contribution in [0.3, 0.4) is 0 Å². The summed E-state index contributed by atoms with van der Waals surface area (Å²) in [5.41, 5.74) is 0.374. The molecule has 1 saturated carbocycles. The van der Waals surface area contributed by atoms with Crippen molar-refractivity contribution in [2.75, 3.05) is 0 Å². The summed E-state index contributed by atoms with van der Waals surface area (Å²) in [6.07, 6.45) is 4.52. The molecule has 2 aliphatic rings. The summed E-state index contributed by atoms with van der Waals surface area (Å²) in [4.78, 5) is 27.2. The maximum atomic E-state index is 12.8. The van der Waals surface area contributed by atoms with Gasteiger partial charge in [-0.15, -0.1) is 0 Å². The first-order chi connectivity index (χ1) is 12.3. The average molecular weight is 359 g/mol. The lowest BCUT2D eigenvalue weighted by atomic mass is 9.85. The summed E-state index contributed by atoms with van der Waals surface area (Å²) in [7, 11) is 0. The minimum atomic E-state index is -0.565. The second kappa shape index (κ2) is 7.68. The van der Waals surface area contributed by atoms with Crippen LogP contribution in [0, 0.1) is 5.92 Å². The van der Waals surface area contributed by atoms with E-state index >= 15 is 0 Å². The number of fused-ring (bicyclic) bond motifs is 1. The van der Waals surface area contributed by atoms with E-state index in [2.05, 4.69) is 0 Å². The number of rotatable bonds is 3. The zero-order chi connectivity index (χ0) is 18.7. The van der Waals surface area contributed by atoms with Crippen molar-refractivity contribution in [2.24, 2.45) is 5.92 Å². The molecule has 0 aromatic heterocycles. The molecule has 0 N–H and O–H groups in total. The number of ether oxygens (including phenoxy) is 2. The van der Waals surface area contributed by atoms with Crippen LogP contribution in [-0.4, -0.2) is 34.6 Å². The molecule has 3 atom stereocenters. The number of carbonyl (C=O) groups is 2. The topological polar surface area (TPSA) is 55.8 Å². The smallest absolute Gasteiger partial charge is 0.411 e. The van der Waals surface area contributed by atoms with Gasteiger partial charge in [0.15, 0.2) is 0 Å². The maximum Gasteiger partial charge on any atom is 0.411 e. The lowest BCUT2D eigenvalue weighted by molar-refractivity contribution is -0.160. The number of amides is 1. The van der Waals surface area contributed by atoms with Crippen molar-refractivity contribution in [1.29, 1.82) is 0 Å². The van der Waals surface area contributed by atoms with Crippen LogP contribution in [0.15, 0.2) is 30.3 Å². The molecule has 0 spiro atoms. The molecular weight excluding hydrogens is 330 g/mol. The van der Waals surface area contributed by atoms with Crippen molar-refractivity contribution in [2.45, 2.75) is 77.2 Å². The summed E-state index contributed by atoms with van der Waals surface area (Å²) in [5, 5.41) is 0. The van der Waals surface area contributed by atoms with E-state index in [1.807, 2.05) is 51.1 Å². The predicted molar refractivity (Wildman–Crippen MR) is 98.5 cm³/mol. The second-order valence-corrected chi connectivity index (χ2v) is 8.34. The molecule has 26 heavy (non-hydrogen) atoms. The summed E-state index contributed by atoms with van der Waals surface area (Å²) >= 11 is 0. The molecule has 1 aliphatic heterocycles. The number of likely N-dealkylation sites (tertiary alicyclic amines) is 1. The Balaban J connectivity index is 1.72. The van der Waals surface area contributed by atoms with Crippen LogP contribution in [-0.2, 0) is 20.9 Å². The van der Waals surface area contributed by atoms with Crippen LogP contribution in [0.1, 0.15) is 58.4 Å². The molecule has 1 heterocycles. The highest BCUT2D eigenvalue weighted by molar-refractivity contribution is 5.82. The Kier molecular flexibility index (Phi) is 5.54. The van der Waals surface area contributed by atoms with Crippen LogP contribution in [0.5, 0.6) is 0 Å². The Bertz CT molecular complexity index is 637. The van der Waals surface area contributed by atoms with Gasteiger partial charge in [-0.05, 0) is 51.5 Å². The van der Waals surface area contributed by atoms with Crippen LogP contribution in [0.2, 0.25) is 0 Å². The van der Waals surface area contributed by atoms with Crippen LogP contribution in [0.4, 0.5) is 4.79 Å². The summed E-state index contributed by atoms with van der Waals surface area (Å²) in [6.45, 7) is 5.77. The monoisotopic (exact) mass is 359 g/mol. The molecule has 5 heteroatoms. The van der Waals surface area contributed by atoms with E-state index in [0.717, 1.165) is 31.2 Å².